The van der Waals surface area contributed by atoms with Gasteiger partial charge in [-0.2, -0.15) is 0 Å². The molecular formula is C13H15FN2O3. The van der Waals surface area contributed by atoms with Crippen molar-refractivity contribution in [1.82, 2.24) is 4.90 Å². The number of carboxylic acid groups (broad SMARTS) is 1. The van der Waals surface area contributed by atoms with Gasteiger partial charge in [0.1, 0.15) is 11.9 Å². The largest absolute Gasteiger partial charge is 0.480 e. The van der Waals surface area contributed by atoms with E-state index < -0.39 is 23.7 Å². The zero-order valence-electron chi connectivity index (χ0n) is 10.3. The van der Waals surface area contributed by atoms with Gasteiger partial charge in [0.2, 0.25) is 5.91 Å². The van der Waals surface area contributed by atoms with Crippen LogP contribution in [0.3, 0.4) is 0 Å². The van der Waals surface area contributed by atoms with E-state index in [-0.39, 0.29) is 12.1 Å². The number of nitrogens with zero attached hydrogens (tertiary/aromatic N) is 1. The van der Waals surface area contributed by atoms with Crippen LogP contribution in [-0.4, -0.2) is 34.5 Å². The summed E-state index contributed by atoms with van der Waals surface area (Å²) in [6.07, 6.45) is 1.33. The van der Waals surface area contributed by atoms with Gasteiger partial charge >= 0.3 is 5.97 Å². The van der Waals surface area contributed by atoms with Gasteiger partial charge in [-0.05, 0) is 37.6 Å². The highest BCUT2D eigenvalue weighted by molar-refractivity contribution is 5.92. The van der Waals surface area contributed by atoms with Crippen molar-refractivity contribution < 1.29 is 19.1 Å². The SMILES string of the molecule is NC(=O)c1ccc(F)c(CN2CCCC2C(=O)O)c1. The van der Waals surface area contributed by atoms with Crippen molar-refractivity contribution in [3.05, 3.63) is 35.1 Å². The number of amides is 1. The predicted octanol–water partition coefficient (Wildman–Crippen LogP) is 0.974. The van der Waals surface area contributed by atoms with Crippen LogP contribution in [0.5, 0.6) is 0 Å². The third-order valence-electron chi connectivity index (χ3n) is 3.35. The molecule has 6 heteroatoms. The van der Waals surface area contributed by atoms with E-state index in [1.807, 2.05) is 0 Å². The van der Waals surface area contributed by atoms with Crippen LogP contribution < -0.4 is 5.73 Å². The molecule has 1 heterocycles. The van der Waals surface area contributed by atoms with E-state index in [9.17, 15) is 14.0 Å². The molecule has 1 aliphatic heterocycles. The topological polar surface area (TPSA) is 83.6 Å². The van der Waals surface area contributed by atoms with E-state index in [1.54, 1.807) is 4.90 Å². The van der Waals surface area contributed by atoms with Crippen LogP contribution in [0.4, 0.5) is 4.39 Å². The Morgan fingerprint density at radius 1 is 1.47 bits per heavy atom. The Balaban J connectivity index is 2.20. The lowest BCUT2D eigenvalue weighted by Crippen LogP contribution is -2.35. The van der Waals surface area contributed by atoms with Crippen LogP contribution in [-0.2, 0) is 11.3 Å². The van der Waals surface area contributed by atoms with E-state index >= 15 is 0 Å². The van der Waals surface area contributed by atoms with Crippen molar-refractivity contribution in [1.29, 1.82) is 0 Å². The summed E-state index contributed by atoms with van der Waals surface area (Å²) < 4.78 is 13.7. The molecule has 0 saturated carbocycles. The van der Waals surface area contributed by atoms with E-state index in [2.05, 4.69) is 0 Å². The molecule has 0 aromatic heterocycles. The highest BCUT2D eigenvalue weighted by Crippen LogP contribution is 2.22. The summed E-state index contributed by atoms with van der Waals surface area (Å²) in [7, 11) is 0. The number of nitrogens with two attached hydrogens (primary N) is 1. The van der Waals surface area contributed by atoms with Gasteiger partial charge in [0, 0.05) is 17.7 Å². The van der Waals surface area contributed by atoms with E-state index in [0.29, 0.717) is 18.5 Å². The summed E-state index contributed by atoms with van der Waals surface area (Å²) in [5, 5.41) is 9.06. The molecule has 0 radical (unpaired) electrons. The third kappa shape index (κ3) is 2.90. The number of carboxylic acids is 1. The molecule has 102 valence electrons. The Morgan fingerprint density at radius 2 is 2.21 bits per heavy atom. The number of halogens is 1. The molecule has 1 amide bonds. The molecule has 1 aromatic rings. The summed E-state index contributed by atoms with van der Waals surface area (Å²) in [6.45, 7) is 0.779. The molecule has 5 nitrogen and oxygen atoms in total. The normalized spacial score (nSPS) is 19.5. The Bertz CT molecular complexity index is 519. The Hall–Kier alpha value is -1.95. The van der Waals surface area contributed by atoms with Crippen molar-refractivity contribution in [3.63, 3.8) is 0 Å². The summed E-state index contributed by atoms with van der Waals surface area (Å²) >= 11 is 0. The molecule has 0 aliphatic carbocycles. The number of hydrogen-bond acceptors (Lipinski definition) is 3. The van der Waals surface area contributed by atoms with Crippen molar-refractivity contribution >= 4 is 11.9 Å². The van der Waals surface area contributed by atoms with Crippen LogP contribution in [0.15, 0.2) is 18.2 Å². The zero-order valence-corrected chi connectivity index (χ0v) is 10.3. The second-order valence-corrected chi connectivity index (χ2v) is 4.64. The molecular weight excluding hydrogens is 251 g/mol. The average molecular weight is 266 g/mol. The molecule has 1 aromatic carbocycles. The fourth-order valence-electron chi connectivity index (χ4n) is 2.36. The first-order valence-electron chi connectivity index (χ1n) is 6.04. The number of carbonyl (C=O) groups excluding carboxylic acids is 1. The number of likely N-dealkylation sites (tertiary alicyclic amines) is 1. The van der Waals surface area contributed by atoms with Crippen LogP contribution in [0.1, 0.15) is 28.8 Å². The van der Waals surface area contributed by atoms with Gasteiger partial charge in [0.05, 0.1) is 0 Å². The monoisotopic (exact) mass is 266 g/mol. The second-order valence-electron chi connectivity index (χ2n) is 4.64. The molecule has 19 heavy (non-hydrogen) atoms. The highest BCUT2D eigenvalue weighted by atomic mass is 19.1. The van der Waals surface area contributed by atoms with E-state index in [4.69, 9.17) is 10.8 Å². The fraction of sp³-hybridized carbons (Fsp3) is 0.385. The minimum atomic E-state index is -0.899. The minimum Gasteiger partial charge on any atom is -0.480 e. The van der Waals surface area contributed by atoms with Crippen LogP contribution in [0.2, 0.25) is 0 Å². The van der Waals surface area contributed by atoms with E-state index in [1.165, 1.54) is 18.2 Å². The van der Waals surface area contributed by atoms with Gasteiger partial charge < -0.3 is 10.8 Å². The molecule has 1 unspecified atom stereocenters. The van der Waals surface area contributed by atoms with Gasteiger partial charge in [-0.25, -0.2) is 4.39 Å². The smallest absolute Gasteiger partial charge is 0.320 e. The van der Waals surface area contributed by atoms with Crippen molar-refractivity contribution in [2.75, 3.05) is 6.54 Å². The minimum absolute atomic E-state index is 0.171. The van der Waals surface area contributed by atoms with Gasteiger partial charge in [0.15, 0.2) is 0 Å². The lowest BCUT2D eigenvalue weighted by molar-refractivity contribution is -0.142. The summed E-state index contributed by atoms with van der Waals surface area (Å²) in [4.78, 5) is 23.8. The molecule has 1 atom stereocenters. The fourth-order valence-corrected chi connectivity index (χ4v) is 2.36. The highest BCUT2D eigenvalue weighted by Gasteiger charge is 2.30. The quantitative estimate of drug-likeness (QED) is 0.850. The first-order valence-corrected chi connectivity index (χ1v) is 6.04. The number of rotatable bonds is 4. The Labute approximate surface area is 109 Å². The number of carbonyl (C=O) groups is 2. The molecule has 1 aliphatic rings. The molecule has 2 rings (SSSR count). The summed E-state index contributed by atoms with van der Waals surface area (Å²) in [5.74, 6) is -1.98. The number of primary amides is 1. The first kappa shape index (κ1) is 13.5. The lowest BCUT2D eigenvalue weighted by atomic mass is 10.1. The van der Waals surface area contributed by atoms with Crippen LogP contribution in [0, 0.1) is 5.82 Å². The average Bonchev–Trinajstić information content (AvgIpc) is 2.80. The van der Waals surface area contributed by atoms with Gasteiger partial charge in [-0.15, -0.1) is 0 Å². The van der Waals surface area contributed by atoms with E-state index in [0.717, 1.165) is 6.42 Å². The maximum Gasteiger partial charge on any atom is 0.320 e. The molecule has 0 spiro atoms. The van der Waals surface area contributed by atoms with Crippen LogP contribution in [0.25, 0.3) is 0 Å². The molecule has 3 N–H and O–H groups in total. The van der Waals surface area contributed by atoms with Crippen molar-refractivity contribution in [2.24, 2.45) is 5.73 Å². The Kier molecular flexibility index (Phi) is 3.80. The van der Waals surface area contributed by atoms with Gasteiger partial charge in [-0.3, -0.25) is 14.5 Å². The second kappa shape index (κ2) is 5.36. The number of hydrogen-bond donors (Lipinski definition) is 2. The maximum atomic E-state index is 13.7. The molecule has 1 saturated heterocycles. The molecule has 0 bridgehead atoms. The molecule has 1 fully saturated rings. The number of benzene rings is 1. The van der Waals surface area contributed by atoms with Gasteiger partial charge in [0.25, 0.3) is 0 Å². The Morgan fingerprint density at radius 3 is 2.84 bits per heavy atom. The number of aliphatic carboxylic acids is 1. The maximum absolute atomic E-state index is 13.7. The van der Waals surface area contributed by atoms with Crippen molar-refractivity contribution in [3.8, 4) is 0 Å². The van der Waals surface area contributed by atoms with Crippen molar-refractivity contribution in [2.45, 2.75) is 25.4 Å². The zero-order chi connectivity index (χ0) is 14.0. The lowest BCUT2D eigenvalue weighted by Gasteiger charge is -2.21. The van der Waals surface area contributed by atoms with Gasteiger partial charge in [-0.1, -0.05) is 0 Å². The standard InChI is InChI=1S/C13H15FN2O3/c14-10-4-3-8(12(15)17)6-9(10)7-16-5-1-2-11(16)13(18)19/h3-4,6,11H,1-2,5,7H2,(H2,15,17)(H,18,19). The predicted molar refractivity (Wildman–Crippen MR) is 66.0 cm³/mol. The summed E-state index contributed by atoms with van der Waals surface area (Å²) in [6, 6.07) is 3.30. The first-order chi connectivity index (χ1) is 8.99. The summed E-state index contributed by atoms with van der Waals surface area (Å²) in [5.41, 5.74) is 5.67. The van der Waals surface area contributed by atoms with Crippen LogP contribution >= 0.6 is 0 Å². The third-order valence-corrected chi connectivity index (χ3v) is 3.35.